The number of rotatable bonds is 6. The lowest BCUT2D eigenvalue weighted by Crippen LogP contribution is -2.22. The van der Waals surface area contributed by atoms with Crippen LogP contribution in [0.1, 0.15) is 42.8 Å². The molecule has 3 aromatic rings. The van der Waals surface area contributed by atoms with Crippen LogP contribution in [-0.4, -0.2) is 36.1 Å². The lowest BCUT2D eigenvalue weighted by molar-refractivity contribution is -0.144. The molecule has 0 radical (unpaired) electrons. The summed E-state index contributed by atoms with van der Waals surface area (Å²) >= 11 is 0. The van der Waals surface area contributed by atoms with E-state index in [1.165, 1.54) is 0 Å². The number of nitrogens with zero attached hydrogens (tertiary/aromatic N) is 6. The molecule has 0 amide bonds. The summed E-state index contributed by atoms with van der Waals surface area (Å²) in [5.41, 5.74) is 2.03. The van der Waals surface area contributed by atoms with Crippen molar-refractivity contribution in [3.8, 4) is 0 Å². The number of anilines is 1. The van der Waals surface area contributed by atoms with Crippen LogP contribution in [-0.2, 0) is 12.7 Å². The molecule has 0 bridgehead atoms. The number of alkyl halides is 3. The van der Waals surface area contributed by atoms with E-state index in [2.05, 4.69) is 25.7 Å². The minimum Gasteiger partial charge on any atom is -0.382 e. The number of hydrogen-bond donors (Lipinski definition) is 1. The van der Waals surface area contributed by atoms with E-state index < -0.39 is 11.9 Å². The molecule has 0 spiro atoms. The molecule has 0 aliphatic heterocycles. The van der Waals surface area contributed by atoms with E-state index in [-0.39, 0.29) is 12.5 Å². The summed E-state index contributed by atoms with van der Waals surface area (Å²) in [4.78, 5) is 0. The highest BCUT2D eigenvalue weighted by Crippen LogP contribution is 2.40. The van der Waals surface area contributed by atoms with Crippen LogP contribution in [0.15, 0.2) is 18.5 Å². The van der Waals surface area contributed by atoms with Gasteiger partial charge in [-0.15, -0.1) is 10.2 Å². The molecule has 3 heterocycles. The lowest BCUT2D eigenvalue weighted by Gasteiger charge is -2.17. The third kappa shape index (κ3) is 3.74. The SMILES string of the molecule is Cc1cc(C(F)(F)F)n(CC(C)CNc2cc(C3CC3)nn3cnnc23)n1. The number of aryl methyl sites for hydroxylation is 1. The molecule has 1 fully saturated rings. The Labute approximate surface area is 153 Å². The predicted octanol–water partition coefficient (Wildman–Crippen LogP) is 3.27. The van der Waals surface area contributed by atoms with Gasteiger partial charge in [0, 0.05) is 19.0 Å². The largest absolute Gasteiger partial charge is 0.433 e. The monoisotopic (exact) mass is 379 g/mol. The Morgan fingerprint density at radius 1 is 1.26 bits per heavy atom. The molecule has 0 saturated heterocycles. The summed E-state index contributed by atoms with van der Waals surface area (Å²) in [6.07, 6.45) is -0.616. The normalized spacial score (nSPS) is 16.0. The van der Waals surface area contributed by atoms with Crippen LogP contribution in [0.5, 0.6) is 0 Å². The molecule has 7 nitrogen and oxygen atoms in total. The summed E-state index contributed by atoms with van der Waals surface area (Å²) in [6, 6.07) is 3.04. The summed E-state index contributed by atoms with van der Waals surface area (Å²) in [7, 11) is 0. The average Bonchev–Trinajstić information content (AvgIpc) is 3.21. The molecule has 1 saturated carbocycles. The van der Waals surface area contributed by atoms with Crippen LogP contribution in [0.3, 0.4) is 0 Å². The number of halogens is 3. The summed E-state index contributed by atoms with van der Waals surface area (Å²) in [6.45, 7) is 4.09. The Kier molecular flexibility index (Phi) is 4.27. The van der Waals surface area contributed by atoms with Crippen molar-refractivity contribution >= 4 is 11.3 Å². The Hall–Kier alpha value is -2.65. The number of hydrogen-bond acceptors (Lipinski definition) is 5. The van der Waals surface area contributed by atoms with Crippen molar-refractivity contribution in [2.75, 3.05) is 11.9 Å². The second-order valence-corrected chi connectivity index (χ2v) is 7.19. The van der Waals surface area contributed by atoms with E-state index in [1.54, 1.807) is 17.8 Å². The molecule has 1 unspecified atom stereocenters. The Morgan fingerprint density at radius 3 is 2.74 bits per heavy atom. The van der Waals surface area contributed by atoms with Crippen LogP contribution in [0.25, 0.3) is 5.65 Å². The first kappa shape index (κ1) is 17.7. The predicted molar refractivity (Wildman–Crippen MR) is 92.4 cm³/mol. The van der Waals surface area contributed by atoms with Crippen molar-refractivity contribution in [3.05, 3.63) is 35.5 Å². The maximum absolute atomic E-state index is 13.1. The van der Waals surface area contributed by atoms with Crippen LogP contribution < -0.4 is 5.32 Å². The molecule has 10 heteroatoms. The molecule has 27 heavy (non-hydrogen) atoms. The first-order chi connectivity index (χ1) is 12.8. The molecular formula is C17H20F3N7. The topological polar surface area (TPSA) is 72.9 Å². The van der Waals surface area contributed by atoms with Crippen molar-refractivity contribution in [1.29, 1.82) is 0 Å². The fourth-order valence-electron chi connectivity index (χ4n) is 3.11. The number of fused-ring (bicyclic) bond motifs is 1. The van der Waals surface area contributed by atoms with Crippen LogP contribution in [0.4, 0.5) is 18.9 Å². The third-order valence-corrected chi connectivity index (χ3v) is 4.60. The summed E-state index contributed by atoms with van der Waals surface area (Å²) in [5.74, 6) is 0.391. The van der Waals surface area contributed by atoms with Gasteiger partial charge in [-0.3, -0.25) is 4.68 Å². The molecular weight excluding hydrogens is 359 g/mol. The van der Waals surface area contributed by atoms with Gasteiger partial charge in [-0.25, -0.2) is 0 Å². The van der Waals surface area contributed by atoms with Crippen molar-refractivity contribution in [3.63, 3.8) is 0 Å². The quantitative estimate of drug-likeness (QED) is 0.712. The Balaban J connectivity index is 1.48. The molecule has 3 aromatic heterocycles. The molecule has 4 rings (SSSR count). The standard InChI is InChI=1S/C17H20F3N7/c1-10(8-26-15(17(18,19)20)5-11(2)24-26)7-21-14-6-13(12-3-4-12)25-27-9-22-23-16(14)27/h5-6,9-10,12,21H,3-4,7-8H2,1-2H3. The van der Waals surface area contributed by atoms with Gasteiger partial charge in [-0.05, 0) is 37.8 Å². The van der Waals surface area contributed by atoms with Crippen molar-refractivity contribution < 1.29 is 13.2 Å². The summed E-state index contributed by atoms with van der Waals surface area (Å²) in [5, 5.41) is 19.8. The lowest BCUT2D eigenvalue weighted by atomic mass is 10.1. The molecule has 1 N–H and O–H groups in total. The van der Waals surface area contributed by atoms with Gasteiger partial charge in [0.2, 0.25) is 5.65 Å². The zero-order chi connectivity index (χ0) is 19.2. The second-order valence-electron chi connectivity index (χ2n) is 7.19. The van der Waals surface area contributed by atoms with Crippen LogP contribution in [0.2, 0.25) is 0 Å². The highest BCUT2D eigenvalue weighted by atomic mass is 19.4. The maximum atomic E-state index is 13.1. The second kappa shape index (κ2) is 6.50. The van der Waals surface area contributed by atoms with Gasteiger partial charge in [0.25, 0.3) is 0 Å². The molecule has 1 atom stereocenters. The van der Waals surface area contributed by atoms with Crippen molar-refractivity contribution in [2.24, 2.45) is 5.92 Å². The highest BCUT2D eigenvalue weighted by Gasteiger charge is 2.35. The van der Waals surface area contributed by atoms with Gasteiger partial charge >= 0.3 is 6.18 Å². The minimum atomic E-state index is -4.41. The fourth-order valence-corrected chi connectivity index (χ4v) is 3.11. The molecule has 144 valence electrons. The first-order valence-corrected chi connectivity index (χ1v) is 8.87. The third-order valence-electron chi connectivity index (χ3n) is 4.60. The highest BCUT2D eigenvalue weighted by molar-refractivity contribution is 5.66. The Bertz CT molecular complexity index is 955. The van der Waals surface area contributed by atoms with Crippen LogP contribution >= 0.6 is 0 Å². The van der Waals surface area contributed by atoms with Gasteiger partial charge in [-0.2, -0.15) is 27.9 Å². The fraction of sp³-hybridized carbons (Fsp3) is 0.529. The Morgan fingerprint density at radius 2 is 2.04 bits per heavy atom. The zero-order valence-electron chi connectivity index (χ0n) is 15.0. The first-order valence-electron chi connectivity index (χ1n) is 8.87. The van der Waals surface area contributed by atoms with Crippen LogP contribution in [0, 0.1) is 12.8 Å². The van der Waals surface area contributed by atoms with E-state index in [0.29, 0.717) is 23.8 Å². The zero-order valence-corrected chi connectivity index (χ0v) is 15.0. The van der Waals surface area contributed by atoms with E-state index in [1.807, 2.05) is 13.0 Å². The van der Waals surface area contributed by atoms with Gasteiger partial charge in [0.05, 0.1) is 17.1 Å². The van der Waals surface area contributed by atoms with Gasteiger partial charge in [-0.1, -0.05) is 6.92 Å². The van der Waals surface area contributed by atoms with Crippen molar-refractivity contribution in [1.82, 2.24) is 29.6 Å². The molecule has 1 aliphatic rings. The molecule has 0 aromatic carbocycles. The number of aromatic nitrogens is 6. The summed E-state index contributed by atoms with van der Waals surface area (Å²) < 4.78 is 42.1. The van der Waals surface area contributed by atoms with E-state index in [4.69, 9.17) is 0 Å². The van der Waals surface area contributed by atoms with Crippen molar-refractivity contribution in [2.45, 2.75) is 45.3 Å². The van der Waals surface area contributed by atoms with E-state index in [0.717, 1.165) is 35.0 Å². The van der Waals surface area contributed by atoms with Gasteiger partial charge in [0.1, 0.15) is 12.0 Å². The average molecular weight is 379 g/mol. The van der Waals surface area contributed by atoms with Gasteiger partial charge in [0.15, 0.2) is 0 Å². The smallest absolute Gasteiger partial charge is 0.382 e. The van der Waals surface area contributed by atoms with Gasteiger partial charge < -0.3 is 5.32 Å². The molecule has 1 aliphatic carbocycles. The van der Waals surface area contributed by atoms with E-state index >= 15 is 0 Å². The maximum Gasteiger partial charge on any atom is 0.433 e. The van der Waals surface area contributed by atoms with E-state index in [9.17, 15) is 13.2 Å². The minimum absolute atomic E-state index is 0.0779. The number of nitrogens with one attached hydrogen (secondary N) is 1.